The Morgan fingerprint density at radius 2 is 2.13 bits per heavy atom. The summed E-state index contributed by atoms with van der Waals surface area (Å²) >= 11 is 0. The van der Waals surface area contributed by atoms with Crippen molar-refractivity contribution in [3.05, 3.63) is 66.0 Å². The average Bonchev–Trinajstić information content (AvgIpc) is 3.24. The maximum atomic E-state index is 12.2. The standard InChI is InChI=1S/C16H17N5O2/c1-11(12-5-3-2-4-6-12)21-14(7-8-18-21)20-16(22)13-10-23-15(9-17)19-13/h2-8,10-11H,9,17H2,1H3,(H,20,22). The van der Waals surface area contributed by atoms with Crippen LogP contribution in [0.1, 0.15) is 34.9 Å². The normalized spacial score (nSPS) is 12.1. The van der Waals surface area contributed by atoms with Gasteiger partial charge in [-0.3, -0.25) is 4.79 Å². The second-order valence-corrected chi connectivity index (χ2v) is 5.03. The quantitative estimate of drug-likeness (QED) is 0.752. The van der Waals surface area contributed by atoms with Crippen LogP contribution < -0.4 is 11.1 Å². The molecule has 0 aliphatic carbocycles. The summed E-state index contributed by atoms with van der Waals surface area (Å²) in [5.41, 5.74) is 6.71. The molecule has 3 N–H and O–H groups in total. The first kappa shape index (κ1) is 15.0. The van der Waals surface area contributed by atoms with Crippen LogP contribution >= 0.6 is 0 Å². The fourth-order valence-corrected chi connectivity index (χ4v) is 2.28. The van der Waals surface area contributed by atoms with Crippen LogP contribution in [-0.4, -0.2) is 20.7 Å². The minimum atomic E-state index is -0.365. The first-order chi connectivity index (χ1) is 11.2. The van der Waals surface area contributed by atoms with Crippen molar-refractivity contribution in [3.63, 3.8) is 0 Å². The van der Waals surface area contributed by atoms with Crippen molar-refractivity contribution < 1.29 is 9.21 Å². The van der Waals surface area contributed by atoms with Gasteiger partial charge in [-0.2, -0.15) is 5.10 Å². The Morgan fingerprint density at radius 1 is 1.35 bits per heavy atom. The number of oxazole rings is 1. The van der Waals surface area contributed by atoms with Crippen molar-refractivity contribution in [1.29, 1.82) is 0 Å². The van der Waals surface area contributed by atoms with Crippen molar-refractivity contribution in [3.8, 4) is 0 Å². The summed E-state index contributed by atoms with van der Waals surface area (Å²) in [6.45, 7) is 2.16. The molecule has 0 aliphatic heterocycles. The molecule has 0 spiro atoms. The number of nitrogens with two attached hydrogens (primary N) is 1. The molecule has 118 valence electrons. The van der Waals surface area contributed by atoms with Gasteiger partial charge in [0.15, 0.2) is 5.69 Å². The van der Waals surface area contributed by atoms with Gasteiger partial charge in [0.2, 0.25) is 5.89 Å². The minimum absolute atomic E-state index is 0.0154. The fraction of sp³-hybridized carbons (Fsp3) is 0.188. The number of aromatic nitrogens is 3. The molecule has 0 fully saturated rings. The zero-order chi connectivity index (χ0) is 16.2. The van der Waals surface area contributed by atoms with Gasteiger partial charge in [0.25, 0.3) is 5.91 Å². The molecule has 1 unspecified atom stereocenters. The van der Waals surface area contributed by atoms with Gasteiger partial charge in [0, 0.05) is 6.07 Å². The molecule has 2 aromatic heterocycles. The molecule has 23 heavy (non-hydrogen) atoms. The number of hydrogen-bond acceptors (Lipinski definition) is 5. The van der Waals surface area contributed by atoms with Gasteiger partial charge < -0.3 is 15.5 Å². The number of rotatable bonds is 5. The van der Waals surface area contributed by atoms with Crippen molar-refractivity contribution in [1.82, 2.24) is 14.8 Å². The molecule has 1 amide bonds. The van der Waals surface area contributed by atoms with Crippen LogP contribution in [0.5, 0.6) is 0 Å². The highest BCUT2D eigenvalue weighted by atomic mass is 16.3. The van der Waals surface area contributed by atoms with Crippen LogP contribution in [0.25, 0.3) is 0 Å². The summed E-state index contributed by atoms with van der Waals surface area (Å²) in [4.78, 5) is 16.2. The van der Waals surface area contributed by atoms with Gasteiger partial charge in [-0.25, -0.2) is 9.67 Å². The van der Waals surface area contributed by atoms with E-state index in [-0.39, 0.29) is 24.2 Å². The highest BCUT2D eigenvalue weighted by molar-refractivity contribution is 6.02. The van der Waals surface area contributed by atoms with E-state index < -0.39 is 0 Å². The first-order valence-electron chi connectivity index (χ1n) is 7.23. The molecule has 0 radical (unpaired) electrons. The maximum absolute atomic E-state index is 12.2. The van der Waals surface area contributed by atoms with Crippen LogP contribution in [0.2, 0.25) is 0 Å². The Labute approximate surface area is 133 Å². The van der Waals surface area contributed by atoms with E-state index in [2.05, 4.69) is 15.4 Å². The number of amides is 1. The molecule has 7 heteroatoms. The van der Waals surface area contributed by atoms with E-state index >= 15 is 0 Å². The second-order valence-electron chi connectivity index (χ2n) is 5.03. The lowest BCUT2D eigenvalue weighted by molar-refractivity contribution is 0.102. The summed E-state index contributed by atoms with van der Waals surface area (Å²) in [5.74, 6) is 0.542. The van der Waals surface area contributed by atoms with Crippen LogP contribution in [0, 0.1) is 0 Å². The summed E-state index contributed by atoms with van der Waals surface area (Å²) in [5, 5.41) is 7.09. The van der Waals surface area contributed by atoms with Gasteiger partial charge in [-0.05, 0) is 12.5 Å². The molecule has 3 aromatic rings. The van der Waals surface area contributed by atoms with Gasteiger partial charge in [-0.15, -0.1) is 0 Å². The van der Waals surface area contributed by atoms with E-state index in [9.17, 15) is 4.79 Å². The third-order valence-corrected chi connectivity index (χ3v) is 3.52. The van der Waals surface area contributed by atoms with E-state index in [4.69, 9.17) is 10.2 Å². The Morgan fingerprint density at radius 3 is 2.83 bits per heavy atom. The number of benzene rings is 1. The van der Waals surface area contributed by atoms with Gasteiger partial charge in [0.1, 0.15) is 12.1 Å². The lowest BCUT2D eigenvalue weighted by Crippen LogP contribution is -2.18. The molecule has 0 saturated heterocycles. The zero-order valence-electron chi connectivity index (χ0n) is 12.6. The Kier molecular flexibility index (Phi) is 4.20. The van der Waals surface area contributed by atoms with Crippen molar-refractivity contribution in [2.75, 3.05) is 5.32 Å². The third kappa shape index (κ3) is 3.14. The molecule has 0 saturated carbocycles. The van der Waals surface area contributed by atoms with Crippen LogP contribution in [0.3, 0.4) is 0 Å². The summed E-state index contributed by atoms with van der Waals surface area (Å²) in [6, 6.07) is 11.7. The van der Waals surface area contributed by atoms with E-state index in [0.29, 0.717) is 11.7 Å². The largest absolute Gasteiger partial charge is 0.447 e. The van der Waals surface area contributed by atoms with Gasteiger partial charge in [-0.1, -0.05) is 30.3 Å². The Hall–Kier alpha value is -2.93. The van der Waals surface area contributed by atoms with Crippen LogP contribution in [0.4, 0.5) is 5.82 Å². The highest BCUT2D eigenvalue weighted by Gasteiger charge is 2.17. The molecule has 1 atom stereocenters. The number of carbonyl (C=O) groups excluding carboxylic acids is 1. The van der Waals surface area contributed by atoms with Crippen molar-refractivity contribution in [2.45, 2.75) is 19.5 Å². The number of nitrogens with zero attached hydrogens (tertiary/aromatic N) is 3. The predicted molar refractivity (Wildman–Crippen MR) is 84.8 cm³/mol. The Bertz CT molecular complexity index is 794. The lowest BCUT2D eigenvalue weighted by Gasteiger charge is -2.16. The summed E-state index contributed by atoms with van der Waals surface area (Å²) < 4.78 is 6.83. The summed E-state index contributed by atoms with van der Waals surface area (Å²) in [6.07, 6.45) is 2.93. The molecule has 0 bridgehead atoms. The van der Waals surface area contributed by atoms with Crippen LogP contribution in [-0.2, 0) is 6.54 Å². The third-order valence-electron chi connectivity index (χ3n) is 3.52. The number of anilines is 1. The molecular weight excluding hydrogens is 294 g/mol. The SMILES string of the molecule is CC(c1ccccc1)n1nccc1NC(=O)c1coc(CN)n1. The van der Waals surface area contributed by atoms with Gasteiger partial charge in [0.05, 0.1) is 18.8 Å². The molecule has 0 aliphatic rings. The molecular formula is C16H17N5O2. The van der Waals surface area contributed by atoms with Gasteiger partial charge >= 0.3 is 0 Å². The number of nitrogens with one attached hydrogen (secondary N) is 1. The number of hydrogen-bond donors (Lipinski definition) is 2. The monoisotopic (exact) mass is 311 g/mol. The number of carbonyl (C=O) groups is 1. The van der Waals surface area contributed by atoms with Crippen molar-refractivity contribution in [2.24, 2.45) is 5.73 Å². The minimum Gasteiger partial charge on any atom is -0.447 e. The lowest BCUT2D eigenvalue weighted by atomic mass is 10.1. The Balaban J connectivity index is 1.79. The molecule has 1 aromatic carbocycles. The van der Waals surface area contributed by atoms with E-state index in [1.54, 1.807) is 16.9 Å². The fourth-order valence-electron chi connectivity index (χ4n) is 2.28. The zero-order valence-corrected chi connectivity index (χ0v) is 12.6. The maximum Gasteiger partial charge on any atom is 0.278 e. The highest BCUT2D eigenvalue weighted by Crippen LogP contribution is 2.21. The van der Waals surface area contributed by atoms with Crippen LogP contribution in [0.15, 0.2) is 53.3 Å². The second kappa shape index (κ2) is 6.45. The van der Waals surface area contributed by atoms with E-state index in [1.165, 1.54) is 6.26 Å². The van der Waals surface area contributed by atoms with E-state index in [1.807, 2.05) is 37.3 Å². The first-order valence-corrected chi connectivity index (χ1v) is 7.23. The smallest absolute Gasteiger partial charge is 0.278 e. The molecule has 3 rings (SSSR count). The predicted octanol–water partition coefficient (Wildman–Crippen LogP) is 2.19. The van der Waals surface area contributed by atoms with Crippen molar-refractivity contribution >= 4 is 11.7 Å². The average molecular weight is 311 g/mol. The topological polar surface area (TPSA) is 99.0 Å². The molecule has 2 heterocycles. The summed E-state index contributed by atoms with van der Waals surface area (Å²) in [7, 11) is 0. The molecule has 7 nitrogen and oxygen atoms in total. The van der Waals surface area contributed by atoms with E-state index in [0.717, 1.165) is 5.56 Å².